The Hall–Kier alpha value is -2.43. The molecule has 0 unspecified atom stereocenters. The number of hydrogen-bond donors (Lipinski definition) is 0. The Bertz CT molecular complexity index is 957. The molecule has 4 heteroatoms. The van der Waals surface area contributed by atoms with Gasteiger partial charge in [0, 0.05) is 43.2 Å². The molecule has 2 aromatic carbocycles. The number of benzene rings is 2. The van der Waals surface area contributed by atoms with Crippen LogP contribution in [0.2, 0.25) is 0 Å². The lowest BCUT2D eigenvalue weighted by atomic mass is 10.1. The highest BCUT2D eigenvalue weighted by Crippen LogP contribution is 2.22. The largest absolute Gasteiger partial charge is 0.456 e. The summed E-state index contributed by atoms with van der Waals surface area (Å²) >= 11 is 0. The summed E-state index contributed by atoms with van der Waals surface area (Å²) in [5.74, 6) is 0.860. The van der Waals surface area contributed by atoms with Gasteiger partial charge in [0.05, 0.1) is 18.6 Å². The highest BCUT2D eigenvalue weighted by molar-refractivity contribution is 5.79. The van der Waals surface area contributed by atoms with E-state index in [2.05, 4.69) is 42.2 Å². The minimum absolute atomic E-state index is 0.818. The van der Waals surface area contributed by atoms with E-state index in [-0.39, 0.29) is 0 Å². The summed E-state index contributed by atoms with van der Waals surface area (Å²) < 4.78 is 11.6. The summed E-state index contributed by atoms with van der Waals surface area (Å²) in [7, 11) is 0. The van der Waals surface area contributed by atoms with Crippen molar-refractivity contribution >= 4 is 11.0 Å². The van der Waals surface area contributed by atoms with Crippen LogP contribution in [-0.4, -0.2) is 44.3 Å². The monoisotopic (exact) mass is 362 g/mol. The Labute approximate surface area is 160 Å². The number of nitrogens with zero attached hydrogens (tertiary/aromatic N) is 2. The van der Waals surface area contributed by atoms with Crippen LogP contribution in [0.5, 0.6) is 0 Å². The molecule has 1 aliphatic heterocycles. The van der Waals surface area contributed by atoms with Gasteiger partial charge in [0.2, 0.25) is 0 Å². The Morgan fingerprint density at radius 3 is 2.63 bits per heavy atom. The quantitative estimate of drug-likeness (QED) is 0.643. The molecule has 0 aliphatic carbocycles. The normalized spacial score (nSPS) is 16.1. The van der Waals surface area contributed by atoms with Gasteiger partial charge in [-0.15, -0.1) is 0 Å². The Morgan fingerprint density at radius 1 is 1.00 bits per heavy atom. The predicted molar refractivity (Wildman–Crippen MR) is 109 cm³/mol. The number of rotatable bonds is 5. The van der Waals surface area contributed by atoms with Gasteiger partial charge < -0.3 is 9.15 Å². The number of morpholine rings is 1. The van der Waals surface area contributed by atoms with Gasteiger partial charge in [-0.05, 0) is 25.5 Å². The van der Waals surface area contributed by atoms with E-state index in [4.69, 9.17) is 14.1 Å². The summed E-state index contributed by atoms with van der Waals surface area (Å²) in [5.41, 5.74) is 3.17. The smallest absolute Gasteiger partial charge is 0.136 e. The number of aryl methyl sites for hydroxylation is 1. The van der Waals surface area contributed by atoms with Crippen molar-refractivity contribution in [3.8, 4) is 11.3 Å². The fourth-order valence-corrected chi connectivity index (χ4v) is 3.48. The van der Waals surface area contributed by atoms with E-state index in [1.165, 1.54) is 5.56 Å². The lowest BCUT2D eigenvalue weighted by Crippen LogP contribution is -2.37. The topological polar surface area (TPSA) is 38.0 Å². The van der Waals surface area contributed by atoms with Gasteiger partial charge in [-0.3, -0.25) is 9.89 Å². The first-order valence-corrected chi connectivity index (χ1v) is 9.70. The van der Waals surface area contributed by atoms with Gasteiger partial charge in [-0.25, -0.2) is 0 Å². The van der Waals surface area contributed by atoms with Crippen molar-refractivity contribution in [2.24, 2.45) is 4.99 Å². The van der Waals surface area contributed by atoms with Crippen LogP contribution >= 0.6 is 0 Å². The van der Waals surface area contributed by atoms with Crippen molar-refractivity contribution in [3.05, 3.63) is 65.5 Å². The maximum absolute atomic E-state index is 6.16. The molecule has 3 aromatic rings. The van der Waals surface area contributed by atoms with E-state index >= 15 is 0 Å². The minimum atomic E-state index is 0.818. The minimum Gasteiger partial charge on any atom is -0.456 e. The van der Waals surface area contributed by atoms with Gasteiger partial charge in [0.1, 0.15) is 11.3 Å². The Kier molecular flexibility index (Phi) is 5.66. The van der Waals surface area contributed by atoms with Crippen LogP contribution in [0.15, 0.2) is 64.0 Å². The highest BCUT2D eigenvalue weighted by Gasteiger charge is 2.09. The van der Waals surface area contributed by atoms with Crippen molar-refractivity contribution in [2.45, 2.75) is 13.3 Å². The molecule has 1 aromatic heterocycles. The van der Waals surface area contributed by atoms with Gasteiger partial charge in [0.25, 0.3) is 0 Å². The molecule has 27 heavy (non-hydrogen) atoms. The molecule has 140 valence electrons. The van der Waals surface area contributed by atoms with E-state index in [9.17, 15) is 0 Å². The molecule has 2 heterocycles. The second-order valence-electron chi connectivity index (χ2n) is 7.05. The summed E-state index contributed by atoms with van der Waals surface area (Å²) in [5, 5.41) is 2.10. The lowest BCUT2D eigenvalue weighted by molar-refractivity contribution is 0.0377. The molecule has 0 bridgehead atoms. The zero-order chi connectivity index (χ0) is 18.5. The summed E-state index contributed by atoms with van der Waals surface area (Å²) in [6.07, 6.45) is 1.06. The van der Waals surface area contributed by atoms with Crippen LogP contribution in [0, 0.1) is 6.92 Å². The molecular weight excluding hydrogens is 336 g/mol. The van der Waals surface area contributed by atoms with Crippen LogP contribution in [0.1, 0.15) is 12.0 Å². The van der Waals surface area contributed by atoms with E-state index in [1.54, 1.807) is 0 Å². The first kappa shape index (κ1) is 18.0. The maximum atomic E-state index is 6.16. The molecule has 0 atom stereocenters. The van der Waals surface area contributed by atoms with E-state index in [0.717, 1.165) is 73.5 Å². The Morgan fingerprint density at radius 2 is 1.81 bits per heavy atom. The first-order chi connectivity index (χ1) is 13.3. The van der Waals surface area contributed by atoms with Gasteiger partial charge >= 0.3 is 0 Å². The number of hydrogen-bond acceptors (Lipinski definition) is 4. The molecule has 1 fully saturated rings. The fourth-order valence-electron chi connectivity index (χ4n) is 3.48. The summed E-state index contributed by atoms with van der Waals surface area (Å²) in [4.78, 5) is 7.38. The van der Waals surface area contributed by atoms with Crippen LogP contribution in [0.25, 0.3) is 22.3 Å². The molecular formula is C23H26N2O2. The third-order valence-corrected chi connectivity index (χ3v) is 4.98. The first-order valence-electron chi connectivity index (χ1n) is 9.70. The molecule has 1 saturated heterocycles. The number of fused-ring (bicyclic) bond motifs is 1. The molecule has 4 nitrogen and oxygen atoms in total. The van der Waals surface area contributed by atoms with Crippen LogP contribution in [0.4, 0.5) is 0 Å². The van der Waals surface area contributed by atoms with Crippen molar-refractivity contribution in [3.63, 3.8) is 0 Å². The van der Waals surface area contributed by atoms with E-state index in [1.807, 2.05) is 24.3 Å². The van der Waals surface area contributed by atoms with Crippen molar-refractivity contribution in [1.82, 2.24) is 4.90 Å². The third-order valence-electron chi connectivity index (χ3n) is 4.98. The zero-order valence-electron chi connectivity index (χ0n) is 15.9. The van der Waals surface area contributed by atoms with Crippen molar-refractivity contribution in [2.75, 3.05) is 39.4 Å². The summed E-state index contributed by atoms with van der Waals surface area (Å²) in [6.45, 7) is 7.76. The highest BCUT2D eigenvalue weighted by atomic mass is 16.5. The van der Waals surface area contributed by atoms with Gasteiger partial charge in [-0.2, -0.15) is 0 Å². The van der Waals surface area contributed by atoms with E-state index in [0.29, 0.717) is 0 Å². The Balaban J connectivity index is 1.61. The SMILES string of the molecule is Cc1ccc2oc(-c3ccccc3)cc(=NCCCN3CCOCC3)c2c1. The van der Waals surface area contributed by atoms with Crippen molar-refractivity contribution < 1.29 is 9.15 Å². The van der Waals surface area contributed by atoms with Gasteiger partial charge in [-0.1, -0.05) is 42.0 Å². The molecule has 1 aliphatic rings. The molecule has 0 spiro atoms. The number of ether oxygens (including phenoxy) is 1. The third kappa shape index (κ3) is 4.46. The maximum Gasteiger partial charge on any atom is 0.136 e. The molecule has 0 saturated carbocycles. The van der Waals surface area contributed by atoms with E-state index < -0.39 is 0 Å². The van der Waals surface area contributed by atoms with Crippen LogP contribution in [0.3, 0.4) is 0 Å². The van der Waals surface area contributed by atoms with Gasteiger partial charge in [0.15, 0.2) is 0 Å². The fraction of sp³-hybridized carbons (Fsp3) is 0.348. The average molecular weight is 362 g/mol. The molecule has 4 rings (SSSR count). The second-order valence-corrected chi connectivity index (χ2v) is 7.05. The molecule has 0 radical (unpaired) electrons. The van der Waals surface area contributed by atoms with Crippen LogP contribution in [-0.2, 0) is 4.74 Å². The zero-order valence-corrected chi connectivity index (χ0v) is 15.9. The summed E-state index contributed by atoms with van der Waals surface area (Å²) in [6, 6.07) is 18.6. The second kappa shape index (κ2) is 8.51. The molecule has 0 N–H and O–H groups in total. The standard InChI is InChI=1S/C23H26N2O2/c1-18-8-9-22-20(16-18)21(17-23(27-22)19-6-3-2-4-7-19)24-10-5-11-25-12-14-26-15-13-25/h2-4,6-9,16-17H,5,10-15H2,1H3. The van der Waals surface area contributed by atoms with Crippen molar-refractivity contribution in [1.29, 1.82) is 0 Å². The average Bonchev–Trinajstić information content (AvgIpc) is 2.72. The molecule has 0 amide bonds. The predicted octanol–water partition coefficient (Wildman–Crippen LogP) is 4.03. The lowest BCUT2D eigenvalue weighted by Gasteiger charge is -2.26. The van der Waals surface area contributed by atoms with Crippen LogP contribution < -0.4 is 5.36 Å².